The van der Waals surface area contributed by atoms with Gasteiger partial charge in [0, 0.05) is 4.88 Å². The molecule has 1 aromatic rings. The van der Waals surface area contributed by atoms with E-state index in [4.69, 9.17) is 17.3 Å². The molecule has 1 unspecified atom stereocenters. The minimum absolute atomic E-state index is 0. The first-order valence-electron chi connectivity index (χ1n) is 5.86. The van der Waals surface area contributed by atoms with Crippen LogP contribution < -0.4 is 11.1 Å². The molecule has 1 fully saturated rings. The Balaban J connectivity index is 0.00000162. The number of amides is 1. The summed E-state index contributed by atoms with van der Waals surface area (Å²) in [6.07, 6.45) is 3.67. The van der Waals surface area contributed by atoms with Crippen LogP contribution in [0.1, 0.15) is 43.5 Å². The zero-order valence-corrected chi connectivity index (χ0v) is 12.6. The molecule has 0 bridgehead atoms. The molecule has 0 aromatic carbocycles. The van der Waals surface area contributed by atoms with Crippen LogP contribution in [0.2, 0.25) is 4.34 Å². The SMILES string of the molecule is CC(NC(=O)C1(N)CCCC1)c1ccc(Cl)s1.Cl. The summed E-state index contributed by atoms with van der Waals surface area (Å²) in [5, 5.41) is 2.98. The second-order valence-corrected chi connectivity index (χ2v) is 6.45. The summed E-state index contributed by atoms with van der Waals surface area (Å²) in [7, 11) is 0. The summed E-state index contributed by atoms with van der Waals surface area (Å²) in [6, 6.07) is 3.76. The van der Waals surface area contributed by atoms with Crippen molar-refractivity contribution in [3.05, 3.63) is 21.3 Å². The number of halogens is 2. The molecule has 0 saturated heterocycles. The molecule has 1 aliphatic carbocycles. The summed E-state index contributed by atoms with van der Waals surface area (Å²) in [5.74, 6) is -0.0352. The number of hydrogen-bond acceptors (Lipinski definition) is 3. The van der Waals surface area contributed by atoms with Gasteiger partial charge in [-0.3, -0.25) is 4.79 Å². The molecular formula is C12H18Cl2N2OS. The van der Waals surface area contributed by atoms with E-state index in [1.807, 2.05) is 19.1 Å². The Morgan fingerprint density at radius 2 is 2.11 bits per heavy atom. The molecule has 0 aliphatic heterocycles. The average molecular weight is 309 g/mol. The maximum absolute atomic E-state index is 12.1. The van der Waals surface area contributed by atoms with E-state index in [9.17, 15) is 4.79 Å². The van der Waals surface area contributed by atoms with Crippen molar-refractivity contribution in [2.45, 2.75) is 44.2 Å². The molecule has 3 nitrogen and oxygen atoms in total. The number of carbonyl (C=O) groups is 1. The fourth-order valence-electron chi connectivity index (χ4n) is 2.21. The third-order valence-corrected chi connectivity index (χ3v) is 4.73. The fraction of sp³-hybridized carbons (Fsp3) is 0.583. The molecule has 102 valence electrons. The van der Waals surface area contributed by atoms with Crippen molar-refractivity contribution in [1.82, 2.24) is 5.32 Å². The number of carbonyl (C=O) groups excluding carboxylic acids is 1. The smallest absolute Gasteiger partial charge is 0.240 e. The first-order chi connectivity index (χ1) is 8.01. The van der Waals surface area contributed by atoms with Crippen molar-refractivity contribution >= 4 is 41.3 Å². The second kappa shape index (κ2) is 6.24. The summed E-state index contributed by atoms with van der Waals surface area (Å²) in [6.45, 7) is 1.96. The van der Waals surface area contributed by atoms with Crippen molar-refractivity contribution in [2.75, 3.05) is 0 Å². The predicted octanol–water partition coefficient (Wildman–Crippen LogP) is 3.27. The molecule has 1 saturated carbocycles. The van der Waals surface area contributed by atoms with Gasteiger partial charge in [0.05, 0.1) is 15.9 Å². The highest BCUT2D eigenvalue weighted by atomic mass is 35.5. The number of rotatable bonds is 3. The molecular weight excluding hydrogens is 291 g/mol. The summed E-state index contributed by atoms with van der Waals surface area (Å²) in [5.41, 5.74) is 5.44. The normalized spacial score (nSPS) is 19.1. The van der Waals surface area contributed by atoms with Crippen molar-refractivity contribution in [2.24, 2.45) is 5.73 Å². The molecule has 0 radical (unpaired) electrons. The molecule has 18 heavy (non-hydrogen) atoms. The topological polar surface area (TPSA) is 55.1 Å². The number of thiophene rings is 1. The lowest BCUT2D eigenvalue weighted by atomic mass is 9.97. The summed E-state index contributed by atoms with van der Waals surface area (Å²) in [4.78, 5) is 13.2. The predicted molar refractivity (Wildman–Crippen MR) is 78.5 cm³/mol. The van der Waals surface area contributed by atoms with E-state index in [1.165, 1.54) is 11.3 Å². The van der Waals surface area contributed by atoms with Gasteiger partial charge in [-0.25, -0.2) is 0 Å². The van der Waals surface area contributed by atoms with E-state index in [0.29, 0.717) is 0 Å². The van der Waals surface area contributed by atoms with Crippen LogP contribution in [0.25, 0.3) is 0 Å². The van der Waals surface area contributed by atoms with Crippen LogP contribution in [0, 0.1) is 0 Å². The van der Waals surface area contributed by atoms with Gasteiger partial charge in [0.2, 0.25) is 5.91 Å². The standard InChI is InChI=1S/C12H17ClN2OS.ClH/c1-8(9-4-5-10(13)17-9)15-11(16)12(14)6-2-3-7-12;/h4-5,8H,2-3,6-7,14H2,1H3,(H,15,16);1H. The van der Waals surface area contributed by atoms with E-state index in [1.54, 1.807) is 0 Å². The molecule has 1 aromatic heterocycles. The quantitative estimate of drug-likeness (QED) is 0.900. The van der Waals surface area contributed by atoms with Crippen LogP contribution in [0.15, 0.2) is 12.1 Å². The van der Waals surface area contributed by atoms with Crippen molar-refractivity contribution in [3.8, 4) is 0 Å². The number of nitrogens with one attached hydrogen (secondary N) is 1. The van der Waals surface area contributed by atoms with E-state index in [-0.39, 0.29) is 24.4 Å². The summed E-state index contributed by atoms with van der Waals surface area (Å²) >= 11 is 7.37. The van der Waals surface area contributed by atoms with E-state index >= 15 is 0 Å². The average Bonchev–Trinajstić information content (AvgIpc) is 2.88. The lowest BCUT2D eigenvalue weighted by molar-refractivity contribution is -0.126. The molecule has 3 N–H and O–H groups in total. The Hall–Kier alpha value is -0.290. The Labute approximate surface area is 122 Å². The van der Waals surface area contributed by atoms with E-state index in [0.717, 1.165) is 34.9 Å². The van der Waals surface area contributed by atoms with Crippen molar-refractivity contribution in [3.63, 3.8) is 0 Å². The highest BCUT2D eigenvalue weighted by molar-refractivity contribution is 7.16. The van der Waals surface area contributed by atoms with E-state index in [2.05, 4.69) is 5.32 Å². The Morgan fingerprint density at radius 3 is 2.61 bits per heavy atom. The van der Waals surface area contributed by atoms with Crippen LogP contribution in [0.5, 0.6) is 0 Å². The third kappa shape index (κ3) is 3.38. The lowest BCUT2D eigenvalue weighted by Gasteiger charge is -2.24. The second-order valence-electron chi connectivity index (χ2n) is 4.70. The van der Waals surface area contributed by atoms with Gasteiger partial charge >= 0.3 is 0 Å². The molecule has 1 amide bonds. The number of hydrogen-bond donors (Lipinski definition) is 2. The fourth-order valence-corrected chi connectivity index (χ4v) is 3.27. The number of nitrogens with two attached hydrogens (primary N) is 1. The van der Waals surface area contributed by atoms with Gasteiger partial charge in [-0.1, -0.05) is 24.4 Å². The lowest BCUT2D eigenvalue weighted by Crippen LogP contribution is -2.52. The van der Waals surface area contributed by atoms with Crippen LogP contribution in [-0.4, -0.2) is 11.4 Å². The van der Waals surface area contributed by atoms with Crippen LogP contribution in [-0.2, 0) is 4.79 Å². The zero-order chi connectivity index (χ0) is 12.5. The Kier molecular flexibility index (Phi) is 5.46. The van der Waals surface area contributed by atoms with Gasteiger partial charge in [-0.15, -0.1) is 23.7 Å². The first kappa shape index (κ1) is 15.8. The van der Waals surface area contributed by atoms with Crippen molar-refractivity contribution < 1.29 is 4.79 Å². The van der Waals surface area contributed by atoms with Gasteiger partial charge in [-0.2, -0.15) is 0 Å². The maximum atomic E-state index is 12.1. The van der Waals surface area contributed by atoms with Gasteiger partial charge in [-0.05, 0) is 31.9 Å². The third-order valence-electron chi connectivity index (χ3n) is 3.32. The van der Waals surface area contributed by atoms with Crippen LogP contribution in [0.4, 0.5) is 0 Å². The van der Waals surface area contributed by atoms with Crippen LogP contribution >= 0.6 is 35.3 Å². The highest BCUT2D eigenvalue weighted by Crippen LogP contribution is 2.30. The van der Waals surface area contributed by atoms with Crippen molar-refractivity contribution in [1.29, 1.82) is 0 Å². The highest BCUT2D eigenvalue weighted by Gasteiger charge is 2.37. The van der Waals surface area contributed by atoms with Gasteiger partial charge < -0.3 is 11.1 Å². The minimum Gasteiger partial charge on any atom is -0.347 e. The van der Waals surface area contributed by atoms with E-state index < -0.39 is 5.54 Å². The molecule has 2 rings (SSSR count). The minimum atomic E-state index is -0.657. The Morgan fingerprint density at radius 1 is 1.50 bits per heavy atom. The molecule has 6 heteroatoms. The largest absolute Gasteiger partial charge is 0.347 e. The van der Waals surface area contributed by atoms with Crippen LogP contribution in [0.3, 0.4) is 0 Å². The Bertz CT molecular complexity index is 416. The van der Waals surface area contributed by atoms with Gasteiger partial charge in [0.15, 0.2) is 0 Å². The molecule has 0 spiro atoms. The zero-order valence-electron chi connectivity index (χ0n) is 10.2. The first-order valence-corrected chi connectivity index (χ1v) is 7.06. The van der Waals surface area contributed by atoms with Gasteiger partial charge in [0.1, 0.15) is 0 Å². The maximum Gasteiger partial charge on any atom is 0.240 e. The monoisotopic (exact) mass is 308 g/mol. The molecule has 1 atom stereocenters. The molecule has 1 heterocycles. The van der Waals surface area contributed by atoms with Gasteiger partial charge in [0.25, 0.3) is 0 Å². The summed E-state index contributed by atoms with van der Waals surface area (Å²) < 4.78 is 0.740. The molecule has 1 aliphatic rings.